The fourth-order valence-electron chi connectivity index (χ4n) is 3.45. The highest BCUT2D eigenvalue weighted by Crippen LogP contribution is 2.33. The molecular weight excluding hydrogens is 272 g/mol. The number of hydrogen-bond acceptors (Lipinski definition) is 3. The third kappa shape index (κ3) is 2.89. The topological polar surface area (TPSA) is 77.9 Å². The second kappa shape index (κ2) is 5.31. The normalized spacial score (nSPS) is 32.8. The molecule has 3 fully saturated rings. The van der Waals surface area contributed by atoms with Crippen LogP contribution in [0.3, 0.4) is 0 Å². The van der Waals surface area contributed by atoms with Crippen molar-refractivity contribution in [3.63, 3.8) is 0 Å². The first kappa shape index (κ1) is 14.4. The third-order valence-corrected chi connectivity index (χ3v) is 4.98. The van der Waals surface area contributed by atoms with Gasteiger partial charge in [-0.2, -0.15) is 0 Å². The molecule has 0 aromatic rings. The number of carboxylic acids is 1. The highest BCUT2D eigenvalue weighted by molar-refractivity contribution is 5.89. The van der Waals surface area contributed by atoms with E-state index in [2.05, 4.69) is 0 Å². The lowest BCUT2D eigenvalue weighted by Crippen LogP contribution is -2.36. The Balaban J connectivity index is 1.58. The zero-order valence-corrected chi connectivity index (χ0v) is 12.3. The van der Waals surface area contributed by atoms with E-state index in [1.165, 1.54) is 12.8 Å². The molecule has 2 saturated heterocycles. The summed E-state index contributed by atoms with van der Waals surface area (Å²) in [7, 11) is 0. The number of carbonyl (C=O) groups is 3. The van der Waals surface area contributed by atoms with Crippen LogP contribution in [0.1, 0.15) is 26.2 Å². The van der Waals surface area contributed by atoms with Gasteiger partial charge in [0.25, 0.3) is 0 Å². The predicted molar refractivity (Wildman–Crippen MR) is 74.3 cm³/mol. The van der Waals surface area contributed by atoms with E-state index in [1.54, 1.807) is 4.90 Å². The Bertz CT molecular complexity index is 474. The van der Waals surface area contributed by atoms with Crippen LogP contribution in [0.2, 0.25) is 0 Å². The number of amides is 2. The zero-order valence-electron chi connectivity index (χ0n) is 12.3. The number of nitrogens with zero attached hydrogens (tertiary/aromatic N) is 2. The third-order valence-electron chi connectivity index (χ3n) is 4.98. The first-order chi connectivity index (χ1) is 9.95. The lowest BCUT2D eigenvalue weighted by atomic mass is 9.99. The van der Waals surface area contributed by atoms with Crippen molar-refractivity contribution >= 4 is 17.8 Å². The van der Waals surface area contributed by atoms with Crippen LogP contribution in [0.4, 0.5) is 0 Å². The highest BCUT2D eigenvalue weighted by Gasteiger charge is 2.43. The summed E-state index contributed by atoms with van der Waals surface area (Å²) >= 11 is 0. The molecule has 3 atom stereocenters. The molecule has 0 spiro atoms. The number of rotatable bonds is 4. The summed E-state index contributed by atoms with van der Waals surface area (Å²) in [5, 5.41) is 9.14. The minimum absolute atomic E-state index is 0.0221. The van der Waals surface area contributed by atoms with Crippen molar-refractivity contribution in [1.29, 1.82) is 0 Å². The molecule has 0 bridgehead atoms. The molecule has 0 radical (unpaired) electrons. The van der Waals surface area contributed by atoms with Gasteiger partial charge in [-0.25, -0.2) is 0 Å². The van der Waals surface area contributed by atoms with E-state index < -0.39 is 11.9 Å². The van der Waals surface area contributed by atoms with Gasteiger partial charge in [0, 0.05) is 32.6 Å². The number of carboxylic acid groups (broad SMARTS) is 1. The first-order valence-corrected chi connectivity index (χ1v) is 7.75. The van der Waals surface area contributed by atoms with Crippen LogP contribution >= 0.6 is 0 Å². The molecular formula is C15H22N2O4. The molecule has 21 heavy (non-hydrogen) atoms. The fraction of sp³-hybridized carbons (Fsp3) is 0.800. The van der Waals surface area contributed by atoms with E-state index >= 15 is 0 Å². The number of hydrogen-bond donors (Lipinski definition) is 1. The Morgan fingerprint density at radius 2 is 1.95 bits per heavy atom. The molecule has 0 aromatic heterocycles. The summed E-state index contributed by atoms with van der Waals surface area (Å²) in [6.45, 7) is 3.94. The van der Waals surface area contributed by atoms with Crippen LogP contribution in [-0.4, -0.2) is 58.9 Å². The standard InChI is InChI=1S/C15H22N2O4/c1-9-5-17(8-12(9)15(20)21)14(19)11-4-13(18)16(7-11)6-10-2-3-10/h9-12H,2-8H2,1H3,(H,20,21). The summed E-state index contributed by atoms with van der Waals surface area (Å²) < 4.78 is 0. The maximum absolute atomic E-state index is 12.5. The van der Waals surface area contributed by atoms with Crippen molar-refractivity contribution in [2.75, 3.05) is 26.2 Å². The van der Waals surface area contributed by atoms with Crippen molar-refractivity contribution < 1.29 is 19.5 Å². The summed E-state index contributed by atoms with van der Waals surface area (Å²) in [4.78, 5) is 39.1. The Labute approximate surface area is 124 Å². The zero-order chi connectivity index (χ0) is 15.1. The van der Waals surface area contributed by atoms with Crippen molar-refractivity contribution in [3.05, 3.63) is 0 Å². The largest absolute Gasteiger partial charge is 0.481 e. The number of likely N-dealkylation sites (tertiary alicyclic amines) is 2. The average molecular weight is 294 g/mol. The highest BCUT2D eigenvalue weighted by atomic mass is 16.4. The van der Waals surface area contributed by atoms with E-state index in [1.807, 2.05) is 11.8 Å². The van der Waals surface area contributed by atoms with Crippen molar-refractivity contribution in [2.24, 2.45) is 23.7 Å². The summed E-state index contributed by atoms with van der Waals surface area (Å²) in [5.74, 6) is -0.961. The molecule has 6 heteroatoms. The van der Waals surface area contributed by atoms with Crippen LogP contribution in [0.15, 0.2) is 0 Å². The lowest BCUT2D eigenvalue weighted by Gasteiger charge is -2.21. The fourth-order valence-corrected chi connectivity index (χ4v) is 3.45. The molecule has 1 N–H and O–H groups in total. The molecule has 3 aliphatic rings. The molecule has 3 unspecified atom stereocenters. The smallest absolute Gasteiger partial charge is 0.308 e. The van der Waals surface area contributed by atoms with Gasteiger partial charge in [-0.15, -0.1) is 0 Å². The lowest BCUT2D eigenvalue weighted by molar-refractivity contribution is -0.142. The molecule has 6 nitrogen and oxygen atoms in total. The van der Waals surface area contributed by atoms with Crippen molar-refractivity contribution in [1.82, 2.24) is 9.80 Å². The van der Waals surface area contributed by atoms with Gasteiger partial charge in [-0.3, -0.25) is 14.4 Å². The molecule has 3 rings (SSSR count). The summed E-state index contributed by atoms with van der Waals surface area (Å²) in [6, 6.07) is 0. The molecule has 2 aliphatic heterocycles. The molecule has 1 aliphatic carbocycles. The Kier molecular flexibility index (Phi) is 3.63. The van der Waals surface area contributed by atoms with Gasteiger partial charge in [0.15, 0.2) is 0 Å². The first-order valence-electron chi connectivity index (χ1n) is 7.75. The second-order valence-electron chi connectivity index (χ2n) is 6.81. The van der Waals surface area contributed by atoms with Gasteiger partial charge in [0.1, 0.15) is 0 Å². The minimum Gasteiger partial charge on any atom is -0.481 e. The maximum Gasteiger partial charge on any atom is 0.308 e. The van der Waals surface area contributed by atoms with Gasteiger partial charge in [0.05, 0.1) is 11.8 Å². The van der Waals surface area contributed by atoms with Crippen molar-refractivity contribution in [3.8, 4) is 0 Å². The monoisotopic (exact) mass is 294 g/mol. The van der Waals surface area contributed by atoms with Gasteiger partial charge in [-0.05, 0) is 24.7 Å². The number of aliphatic carboxylic acids is 1. The SMILES string of the molecule is CC1CN(C(=O)C2CC(=O)N(CC3CC3)C2)CC1C(=O)O. The minimum atomic E-state index is -0.837. The van der Waals surface area contributed by atoms with E-state index in [0.29, 0.717) is 19.0 Å². The van der Waals surface area contributed by atoms with Gasteiger partial charge < -0.3 is 14.9 Å². The Hall–Kier alpha value is -1.59. The maximum atomic E-state index is 12.5. The van der Waals surface area contributed by atoms with Crippen LogP contribution in [0, 0.1) is 23.7 Å². The molecule has 116 valence electrons. The molecule has 2 heterocycles. The summed E-state index contributed by atoms with van der Waals surface area (Å²) in [6.07, 6.45) is 2.66. The van der Waals surface area contributed by atoms with Crippen molar-refractivity contribution in [2.45, 2.75) is 26.2 Å². The van der Waals surface area contributed by atoms with Gasteiger partial charge >= 0.3 is 5.97 Å². The van der Waals surface area contributed by atoms with E-state index in [4.69, 9.17) is 5.11 Å². The van der Waals surface area contributed by atoms with Crippen LogP contribution in [0.5, 0.6) is 0 Å². The Morgan fingerprint density at radius 1 is 1.24 bits per heavy atom. The summed E-state index contributed by atoms with van der Waals surface area (Å²) in [5.41, 5.74) is 0. The molecule has 1 saturated carbocycles. The van der Waals surface area contributed by atoms with Gasteiger partial charge in [0.2, 0.25) is 11.8 Å². The van der Waals surface area contributed by atoms with Crippen LogP contribution in [0.25, 0.3) is 0 Å². The van der Waals surface area contributed by atoms with Crippen LogP contribution in [-0.2, 0) is 14.4 Å². The molecule has 2 amide bonds. The Morgan fingerprint density at radius 3 is 2.52 bits per heavy atom. The average Bonchev–Trinajstić information content (AvgIpc) is 3.04. The van der Waals surface area contributed by atoms with E-state index in [-0.39, 0.29) is 36.6 Å². The van der Waals surface area contributed by atoms with E-state index in [0.717, 1.165) is 6.54 Å². The number of carbonyl (C=O) groups excluding carboxylic acids is 2. The molecule has 0 aromatic carbocycles. The van der Waals surface area contributed by atoms with E-state index in [9.17, 15) is 14.4 Å². The van der Waals surface area contributed by atoms with Gasteiger partial charge in [-0.1, -0.05) is 6.92 Å². The van der Waals surface area contributed by atoms with Crippen LogP contribution < -0.4 is 0 Å². The quantitative estimate of drug-likeness (QED) is 0.815. The second-order valence-corrected chi connectivity index (χ2v) is 6.81. The predicted octanol–water partition coefficient (Wildman–Crippen LogP) is 0.424.